The molecule has 0 radical (unpaired) electrons. The van der Waals surface area contributed by atoms with E-state index in [4.69, 9.17) is 10.7 Å². The predicted octanol–water partition coefficient (Wildman–Crippen LogP) is 8.78. The molecule has 0 unspecified atom stereocenters. The Morgan fingerprint density at radius 3 is 2.32 bits per heavy atom. The van der Waals surface area contributed by atoms with E-state index in [0.29, 0.717) is 0 Å². The van der Waals surface area contributed by atoms with Crippen molar-refractivity contribution in [3.05, 3.63) is 108 Å². The molecule has 3 heteroatoms. The van der Waals surface area contributed by atoms with Crippen LogP contribution < -0.4 is 5.73 Å². The van der Waals surface area contributed by atoms with E-state index >= 15 is 0 Å². The van der Waals surface area contributed by atoms with Gasteiger partial charge in [-0.15, -0.1) is 0 Å². The second-order valence-electron chi connectivity index (χ2n) is 10.1. The van der Waals surface area contributed by atoms with Gasteiger partial charge >= 0.3 is 0 Å². The second kappa shape index (κ2) is 9.74. The van der Waals surface area contributed by atoms with Crippen LogP contribution in [0.2, 0.25) is 0 Å². The molecule has 0 spiro atoms. The van der Waals surface area contributed by atoms with Crippen molar-refractivity contribution in [3.63, 3.8) is 0 Å². The lowest BCUT2D eigenvalue weighted by Crippen LogP contribution is -2.21. The minimum absolute atomic E-state index is 0.0173. The first kappa shape index (κ1) is 24.6. The third kappa shape index (κ3) is 4.15. The summed E-state index contributed by atoms with van der Waals surface area (Å²) in [4.78, 5) is 5.30. The fourth-order valence-electron chi connectivity index (χ4n) is 5.35. The highest BCUT2D eigenvalue weighted by Crippen LogP contribution is 2.41. The standard InChI is InChI=1S/C34H35N3/c1-6-24-13-15-25(16-14-24)26-21-31-30(19-20-35)36-32-29(34(5,7-2)8-3)18-17-28(33(32)37(31)22-26)27-12-10-9-11-23(27)4/h6,9-22H,1,7-8,35H2,2-5H3/b20-19-. The molecule has 0 atom stereocenters. The molecule has 0 saturated carbocycles. The number of aryl methyl sites for hydroxylation is 1. The fourth-order valence-corrected chi connectivity index (χ4v) is 5.35. The summed E-state index contributed by atoms with van der Waals surface area (Å²) in [6, 6.07) is 23.9. The second-order valence-corrected chi connectivity index (χ2v) is 10.1. The van der Waals surface area contributed by atoms with E-state index < -0.39 is 0 Å². The van der Waals surface area contributed by atoms with Crippen LogP contribution in [0.3, 0.4) is 0 Å². The van der Waals surface area contributed by atoms with Crippen LogP contribution in [0.5, 0.6) is 0 Å². The topological polar surface area (TPSA) is 43.3 Å². The third-order valence-corrected chi connectivity index (χ3v) is 8.09. The number of benzene rings is 3. The van der Waals surface area contributed by atoms with Gasteiger partial charge in [-0.25, -0.2) is 4.98 Å². The summed E-state index contributed by atoms with van der Waals surface area (Å²) in [6.45, 7) is 13.0. The number of fused-ring (bicyclic) bond motifs is 3. The van der Waals surface area contributed by atoms with E-state index in [1.165, 1.54) is 22.3 Å². The van der Waals surface area contributed by atoms with Gasteiger partial charge in [-0.1, -0.05) is 94.1 Å². The van der Waals surface area contributed by atoms with Crippen LogP contribution in [0, 0.1) is 6.92 Å². The van der Waals surface area contributed by atoms with E-state index in [1.807, 2.05) is 12.2 Å². The molecule has 186 valence electrons. The molecule has 0 bridgehead atoms. The molecule has 37 heavy (non-hydrogen) atoms. The summed E-state index contributed by atoms with van der Waals surface area (Å²) in [5.74, 6) is 0. The molecule has 0 fully saturated rings. The maximum absolute atomic E-state index is 5.92. The lowest BCUT2D eigenvalue weighted by atomic mass is 9.76. The molecule has 0 aliphatic carbocycles. The Hall–Kier alpha value is -4.11. The summed E-state index contributed by atoms with van der Waals surface area (Å²) < 4.78 is 2.32. The molecule has 2 heterocycles. The summed E-state index contributed by atoms with van der Waals surface area (Å²) in [5.41, 5.74) is 18.4. The van der Waals surface area contributed by atoms with Crippen LogP contribution >= 0.6 is 0 Å². The van der Waals surface area contributed by atoms with Crippen molar-refractivity contribution in [2.24, 2.45) is 5.73 Å². The van der Waals surface area contributed by atoms with Gasteiger partial charge in [-0.05, 0) is 71.3 Å². The monoisotopic (exact) mass is 485 g/mol. The molecular weight excluding hydrogens is 450 g/mol. The number of hydrogen-bond donors (Lipinski definition) is 1. The average molecular weight is 486 g/mol. The van der Waals surface area contributed by atoms with Crippen molar-refractivity contribution in [2.75, 3.05) is 0 Å². The van der Waals surface area contributed by atoms with Crippen molar-refractivity contribution >= 4 is 28.7 Å². The molecule has 0 aliphatic heterocycles. The van der Waals surface area contributed by atoms with Gasteiger partial charge in [0, 0.05) is 17.3 Å². The Balaban J connectivity index is 1.94. The molecule has 0 aliphatic rings. The van der Waals surface area contributed by atoms with Gasteiger partial charge in [0.25, 0.3) is 0 Å². The first-order valence-corrected chi connectivity index (χ1v) is 13.1. The summed E-state index contributed by atoms with van der Waals surface area (Å²) in [5, 5.41) is 0. The molecule has 5 aromatic rings. The Bertz CT molecular complexity index is 1630. The van der Waals surface area contributed by atoms with E-state index in [-0.39, 0.29) is 5.41 Å². The Kier molecular flexibility index (Phi) is 6.47. The largest absolute Gasteiger partial charge is 0.405 e. The minimum atomic E-state index is 0.0173. The van der Waals surface area contributed by atoms with Crippen molar-refractivity contribution in [2.45, 2.75) is 46.0 Å². The third-order valence-electron chi connectivity index (χ3n) is 8.09. The predicted molar refractivity (Wildman–Crippen MR) is 160 cm³/mol. The molecule has 5 rings (SSSR count). The van der Waals surface area contributed by atoms with Crippen molar-refractivity contribution in [1.82, 2.24) is 9.38 Å². The first-order chi connectivity index (χ1) is 17.9. The molecule has 2 N–H and O–H groups in total. The van der Waals surface area contributed by atoms with Gasteiger partial charge in [-0.2, -0.15) is 0 Å². The zero-order valence-corrected chi connectivity index (χ0v) is 22.3. The zero-order valence-electron chi connectivity index (χ0n) is 22.3. The smallest absolute Gasteiger partial charge is 0.0922 e. The van der Waals surface area contributed by atoms with Gasteiger partial charge in [0.05, 0.1) is 22.2 Å². The normalized spacial score (nSPS) is 12.1. The number of aromatic nitrogens is 2. The highest BCUT2D eigenvalue weighted by Gasteiger charge is 2.28. The molecular formula is C34H35N3. The van der Waals surface area contributed by atoms with Crippen LogP contribution in [0.1, 0.15) is 56.0 Å². The maximum atomic E-state index is 5.92. The van der Waals surface area contributed by atoms with E-state index in [1.54, 1.807) is 6.20 Å². The molecule has 3 aromatic carbocycles. The van der Waals surface area contributed by atoms with Crippen LogP contribution in [-0.2, 0) is 5.41 Å². The lowest BCUT2D eigenvalue weighted by molar-refractivity contribution is 0.442. The zero-order chi connectivity index (χ0) is 26.2. The Labute approximate surface area is 220 Å². The van der Waals surface area contributed by atoms with E-state index in [2.05, 4.69) is 112 Å². The highest BCUT2D eigenvalue weighted by molar-refractivity contribution is 5.98. The average Bonchev–Trinajstić information content (AvgIpc) is 3.39. The van der Waals surface area contributed by atoms with Crippen molar-refractivity contribution < 1.29 is 0 Å². The number of nitrogens with zero attached hydrogens (tertiary/aromatic N) is 2. The van der Waals surface area contributed by atoms with Gasteiger partial charge in [0.15, 0.2) is 0 Å². The molecule has 3 nitrogen and oxygen atoms in total. The number of rotatable bonds is 7. The summed E-state index contributed by atoms with van der Waals surface area (Å²) >= 11 is 0. The molecule has 0 amide bonds. The van der Waals surface area contributed by atoms with E-state index in [9.17, 15) is 0 Å². The van der Waals surface area contributed by atoms with Crippen molar-refractivity contribution in [1.29, 1.82) is 0 Å². The summed E-state index contributed by atoms with van der Waals surface area (Å²) in [6.07, 6.45) is 9.70. The molecule has 2 aromatic heterocycles. The minimum Gasteiger partial charge on any atom is -0.405 e. The quantitative estimate of drug-likeness (QED) is 0.250. The fraction of sp³-hybridized carbons (Fsp3) is 0.206. The van der Waals surface area contributed by atoms with Crippen LogP contribution in [0.4, 0.5) is 0 Å². The Morgan fingerprint density at radius 2 is 1.68 bits per heavy atom. The summed E-state index contributed by atoms with van der Waals surface area (Å²) in [7, 11) is 0. The van der Waals surface area contributed by atoms with Gasteiger partial charge < -0.3 is 10.1 Å². The highest BCUT2D eigenvalue weighted by atomic mass is 14.9. The van der Waals surface area contributed by atoms with Crippen LogP contribution in [0.15, 0.2) is 85.7 Å². The van der Waals surface area contributed by atoms with Crippen molar-refractivity contribution in [3.8, 4) is 22.3 Å². The number of nitrogens with two attached hydrogens (primary N) is 1. The van der Waals surface area contributed by atoms with Crippen LogP contribution in [0.25, 0.3) is 51.0 Å². The maximum Gasteiger partial charge on any atom is 0.0922 e. The Morgan fingerprint density at radius 1 is 0.946 bits per heavy atom. The van der Waals surface area contributed by atoms with Gasteiger partial charge in [-0.3, -0.25) is 0 Å². The van der Waals surface area contributed by atoms with E-state index in [0.717, 1.165) is 51.8 Å². The lowest BCUT2D eigenvalue weighted by Gasteiger charge is -2.29. The van der Waals surface area contributed by atoms with Gasteiger partial charge in [0.1, 0.15) is 0 Å². The molecule has 0 saturated heterocycles. The number of hydrogen-bond acceptors (Lipinski definition) is 2. The van der Waals surface area contributed by atoms with Crippen LogP contribution in [-0.4, -0.2) is 9.38 Å². The first-order valence-electron chi connectivity index (χ1n) is 13.1. The van der Waals surface area contributed by atoms with Gasteiger partial charge in [0.2, 0.25) is 0 Å². The SMILES string of the molecule is C=Cc1ccc(-c2cc3c(/C=C\N)nc4c(C(C)(CC)CC)ccc(-c5ccccc5C)c4n3c2)cc1.